The number of amides is 1. The standard InChI is InChI=1S/C26H34N6O2S/c1-16(2)24-21(14-32(31-24)19-6-8-20(35-3)9-7-19)29-25(33)22-15-34-26(30-22)18-10-11-27-23(12-18)28-13-17-4-5-17/h10-12,14-17,19-20H,4-9,13H2,1-3H3,(H,27,28)(H,29,33). The number of carbonyl (C=O) groups is 1. The summed E-state index contributed by atoms with van der Waals surface area (Å²) in [5.41, 5.74) is 2.67. The van der Waals surface area contributed by atoms with Gasteiger partial charge in [-0.3, -0.25) is 9.48 Å². The van der Waals surface area contributed by atoms with Crippen molar-refractivity contribution in [2.24, 2.45) is 5.92 Å². The van der Waals surface area contributed by atoms with Gasteiger partial charge in [-0.25, -0.2) is 9.97 Å². The van der Waals surface area contributed by atoms with Crippen LogP contribution in [0.3, 0.4) is 0 Å². The van der Waals surface area contributed by atoms with Crippen molar-refractivity contribution in [3.8, 4) is 11.5 Å². The molecule has 3 aromatic heterocycles. The van der Waals surface area contributed by atoms with Gasteiger partial charge in [0.15, 0.2) is 5.69 Å². The van der Waals surface area contributed by atoms with Crippen LogP contribution in [0.15, 0.2) is 35.2 Å². The van der Waals surface area contributed by atoms with Gasteiger partial charge in [0.1, 0.15) is 12.1 Å². The van der Waals surface area contributed by atoms with Crippen molar-refractivity contribution in [3.05, 3.63) is 42.2 Å². The molecule has 0 unspecified atom stereocenters. The molecule has 3 heterocycles. The molecule has 2 N–H and O–H groups in total. The topological polar surface area (TPSA) is 97.9 Å². The van der Waals surface area contributed by atoms with Gasteiger partial charge >= 0.3 is 0 Å². The summed E-state index contributed by atoms with van der Waals surface area (Å²) in [6, 6.07) is 4.13. The summed E-state index contributed by atoms with van der Waals surface area (Å²) < 4.78 is 7.71. The van der Waals surface area contributed by atoms with Crippen LogP contribution in [0.5, 0.6) is 0 Å². The monoisotopic (exact) mass is 494 g/mol. The second-order valence-electron chi connectivity index (χ2n) is 9.98. The summed E-state index contributed by atoms with van der Waals surface area (Å²) in [5, 5.41) is 12.0. The number of pyridine rings is 1. The molecule has 2 fully saturated rings. The molecule has 0 spiro atoms. The van der Waals surface area contributed by atoms with Crippen LogP contribution in [0.25, 0.3) is 11.5 Å². The largest absolute Gasteiger partial charge is 0.444 e. The van der Waals surface area contributed by atoms with Crippen molar-refractivity contribution in [2.75, 3.05) is 23.4 Å². The molecule has 3 aromatic rings. The number of nitrogens with one attached hydrogen (secondary N) is 2. The molecule has 0 aliphatic heterocycles. The molecule has 2 aliphatic carbocycles. The van der Waals surface area contributed by atoms with E-state index in [0.717, 1.165) is 53.3 Å². The molecule has 5 rings (SSSR count). The lowest BCUT2D eigenvalue weighted by molar-refractivity contribution is 0.102. The Morgan fingerprint density at radius 3 is 2.74 bits per heavy atom. The first-order valence-electron chi connectivity index (χ1n) is 12.6. The predicted octanol–water partition coefficient (Wildman–Crippen LogP) is 5.98. The maximum atomic E-state index is 13.1. The van der Waals surface area contributed by atoms with Gasteiger partial charge in [0, 0.05) is 29.8 Å². The highest BCUT2D eigenvalue weighted by Crippen LogP contribution is 2.35. The highest BCUT2D eigenvalue weighted by atomic mass is 32.2. The molecule has 35 heavy (non-hydrogen) atoms. The van der Waals surface area contributed by atoms with Crippen LogP contribution in [0.4, 0.5) is 11.5 Å². The minimum atomic E-state index is -0.298. The van der Waals surface area contributed by atoms with Crippen molar-refractivity contribution in [2.45, 2.75) is 69.6 Å². The number of hydrogen-bond acceptors (Lipinski definition) is 7. The van der Waals surface area contributed by atoms with Crippen molar-refractivity contribution in [1.82, 2.24) is 19.7 Å². The molecule has 2 saturated carbocycles. The molecular formula is C26H34N6O2S. The fraction of sp³-hybridized carbons (Fsp3) is 0.538. The van der Waals surface area contributed by atoms with Crippen molar-refractivity contribution in [1.29, 1.82) is 0 Å². The molecule has 2 aliphatic rings. The van der Waals surface area contributed by atoms with E-state index in [1.165, 1.54) is 31.9 Å². The Kier molecular flexibility index (Phi) is 7.13. The summed E-state index contributed by atoms with van der Waals surface area (Å²) >= 11 is 1.96. The van der Waals surface area contributed by atoms with E-state index >= 15 is 0 Å². The second kappa shape index (κ2) is 10.4. The number of rotatable bonds is 9. The Morgan fingerprint density at radius 1 is 1.23 bits per heavy atom. The molecule has 0 saturated heterocycles. The van der Waals surface area contributed by atoms with Gasteiger partial charge < -0.3 is 15.1 Å². The predicted molar refractivity (Wildman–Crippen MR) is 140 cm³/mol. The van der Waals surface area contributed by atoms with Crippen LogP contribution in [0.1, 0.15) is 80.5 Å². The highest BCUT2D eigenvalue weighted by Gasteiger charge is 2.25. The van der Waals surface area contributed by atoms with Gasteiger partial charge in [0.2, 0.25) is 5.89 Å². The van der Waals surface area contributed by atoms with Crippen LogP contribution >= 0.6 is 11.8 Å². The molecule has 9 heteroatoms. The summed E-state index contributed by atoms with van der Waals surface area (Å²) in [5.74, 6) is 1.84. The zero-order chi connectivity index (χ0) is 24.4. The number of thioether (sulfide) groups is 1. The summed E-state index contributed by atoms with van der Waals surface area (Å²) in [6.07, 6.45) is 14.5. The molecule has 1 amide bonds. The zero-order valence-electron chi connectivity index (χ0n) is 20.7. The first-order valence-corrected chi connectivity index (χ1v) is 13.9. The number of carbonyl (C=O) groups excluding carboxylic acids is 1. The highest BCUT2D eigenvalue weighted by molar-refractivity contribution is 7.99. The fourth-order valence-electron chi connectivity index (χ4n) is 4.59. The molecule has 0 aromatic carbocycles. The van der Waals surface area contributed by atoms with E-state index in [1.54, 1.807) is 6.20 Å². The minimum absolute atomic E-state index is 0.195. The van der Waals surface area contributed by atoms with Gasteiger partial charge in [0.25, 0.3) is 5.91 Å². The first kappa shape index (κ1) is 23.9. The third-order valence-electron chi connectivity index (χ3n) is 6.92. The quantitative estimate of drug-likeness (QED) is 0.378. The molecule has 186 valence electrons. The summed E-state index contributed by atoms with van der Waals surface area (Å²) in [7, 11) is 0. The molecule has 0 atom stereocenters. The average molecular weight is 495 g/mol. The van der Waals surface area contributed by atoms with Crippen molar-refractivity contribution >= 4 is 29.2 Å². The Morgan fingerprint density at radius 2 is 2.03 bits per heavy atom. The maximum absolute atomic E-state index is 13.1. The van der Waals surface area contributed by atoms with Gasteiger partial charge in [-0.2, -0.15) is 16.9 Å². The van der Waals surface area contributed by atoms with Crippen molar-refractivity contribution in [3.63, 3.8) is 0 Å². The Balaban J connectivity index is 1.28. The van der Waals surface area contributed by atoms with E-state index < -0.39 is 0 Å². The number of anilines is 2. The summed E-state index contributed by atoms with van der Waals surface area (Å²) in [6.45, 7) is 5.12. The van der Waals surface area contributed by atoms with Crippen molar-refractivity contribution < 1.29 is 9.21 Å². The lowest BCUT2D eigenvalue weighted by Gasteiger charge is -2.27. The van der Waals surface area contributed by atoms with Crippen LogP contribution < -0.4 is 10.6 Å². The van der Waals surface area contributed by atoms with E-state index in [-0.39, 0.29) is 17.5 Å². The van der Waals surface area contributed by atoms with Gasteiger partial charge in [-0.05, 0) is 68.7 Å². The van der Waals surface area contributed by atoms with E-state index in [2.05, 4.69) is 45.4 Å². The lowest BCUT2D eigenvalue weighted by atomic mass is 9.95. The normalized spacial score (nSPS) is 20.2. The molecule has 0 bridgehead atoms. The zero-order valence-corrected chi connectivity index (χ0v) is 21.5. The summed E-state index contributed by atoms with van der Waals surface area (Å²) in [4.78, 5) is 21.9. The molecule has 8 nitrogen and oxygen atoms in total. The smallest absolute Gasteiger partial charge is 0.277 e. The Labute approximate surface area is 210 Å². The van der Waals surface area contributed by atoms with E-state index in [1.807, 2.05) is 30.1 Å². The lowest BCUT2D eigenvalue weighted by Crippen LogP contribution is -2.20. The van der Waals surface area contributed by atoms with Crippen LogP contribution in [0.2, 0.25) is 0 Å². The molecular weight excluding hydrogens is 460 g/mol. The van der Waals surface area contributed by atoms with E-state index in [0.29, 0.717) is 11.9 Å². The Bertz CT molecular complexity index is 1160. The maximum Gasteiger partial charge on any atom is 0.277 e. The third-order valence-corrected chi connectivity index (χ3v) is 8.06. The van der Waals surface area contributed by atoms with Crippen LogP contribution in [-0.2, 0) is 0 Å². The minimum Gasteiger partial charge on any atom is -0.444 e. The average Bonchev–Trinajstić information content (AvgIpc) is 3.39. The SMILES string of the molecule is CSC1CCC(n2cc(NC(=O)c3coc(-c4ccnc(NCC5CC5)c4)n3)c(C(C)C)n2)CC1. The van der Waals surface area contributed by atoms with E-state index in [9.17, 15) is 4.79 Å². The number of oxazole rings is 1. The van der Waals surface area contributed by atoms with Crippen LogP contribution in [0, 0.1) is 5.92 Å². The molecule has 0 radical (unpaired) electrons. The van der Waals surface area contributed by atoms with Gasteiger partial charge in [-0.15, -0.1) is 0 Å². The number of aromatic nitrogens is 4. The third kappa shape index (κ3) is 5.72. The number of hydrogen-bond donors (Lipinski definition) is 2. The Hall–Kier alpha value is -2.81. The van der Waals surface area contributed by atoms with Crippen LogP contribution in [-0.4, -0.2) is 43.7 Å². The van der Waals surface area contributed by atoms with Gasteiger partial charge in [-0.1, -0.05) is 13.8 Å². The van der Waals surface area contributed by atoms with E-state index in [4.69, 9.17) is 9.52 Å². The number of nitrogens with zero attached hydrogens (tertiary/aromatic N) is 4. The fourth-order valence-corrected chi connectivity index (χ4v) is 5.33. The first-order chi connectivity index (χ1) is 17.0. The second-order valence-corrected chi connectivity index (χ2v) is 11.1. The van der Waals surface area contributed by atoms with Gasteiger partial charge in [0.05, 0.1) is 17.4 Å².